The molecule has 9 nitrogen and oxygen atoms in total. The monoisotopic (exact) mass is 470 g/mol. The number of carbonyl (C=O) groups is 3. The molecule has 1 heterocycles. The number of hydrogen-bond donors (Lipinski definition) is 0. The van der Waals surface area contributed by atoms with Crippen LogP contribution < -0.4 is 18.9 Å². The molecule has 0 unspecified atom stereocenters. The van der Waals surface area contributed by atoms with E-state index in [1.54, 1.807) is 6.07 Å². The Hall–Kier alpha value is -3.59. The topological polar surface area (TPSA) is 107 Å². The summed E-state index contributed by atoms with van der Waals surface area (Å²) < 4.78 is 33.4. The minimum absolute atomic E-state index is 0.109. The van der Waals surface area contributed by atoms with Gasteiger partial charge in [0.15, 0.2) is 5.78 Å². The lowest BCUT2D eigenvalue weighted by Gasteiger charge is -2.32. The molecule has 0 N–H and O–H groups in total. The third kappa shape index (κ3) is 3.86. The highest BCUT2D eigenvalue weighted by molar-refractivity contribution is 6.30. The molecule has 1 fully saturated rings. The van der Waals surface area contributed by atoms with Crippen LogP contribution in [0.25, 0.3) is 0 Å². The fraction of sp³-hybridized carbons (Fsp3) is 0.400. The summed E-state index contributed by atoms with van der Waals surface area (Å²) in [6.45, 7) is 1.70. The van der Waals surface area contributed by atoms with Gasteiger partial charge in [0, 0.05) is 37.0 Å². The molecule has 0 radical (unpaired) electrons. The molecule has 1 saturated heterocycles. The number of hydrogen-bond acceptors (Lipinski definition) is 9. The molecule has 2 aliphatic rings. The summed E-state index contributed by atoms with van der Waals surface area (Å²) in [7, 11) is 5.77. The second kappa shape index (κ2) is 9.34. The van der Waals surface area contributed by atoms with Crippen LogP contribution in [0.4, 0.5) is 0 Å². The lowest BCUT2D eigenvalue weighted by atomic mass is 9.80. The van der Waals surface area contributed by atoms with E-state index in [1.807, 2.05) is 0 Å². The van der Waals surface area contributed by atoms with Crippen molar-refractivity contribution in [3.8, 4) is 23.0 Å². The van der Waals surface area contributed by atoms with Crippen molar-refractivity contribution in [1.29, 1.82) is 0 Å². The fourth-order valence-corrected chi connectivity index (χ4v) is 4.60. The van der Waals surface area contributed by atoms with Crippen molar-refractivity contribution < 1.29 is 42.8 Å². The van der Waals surface area contributed by atoms with Crippen molar-refractivity contribution in [3.05, 3.63) is 46.0 Å². The van der Waals surface area contributed by atoms with Crippen molar-refractivity contribution in [1.82, 2.24) is 0 Å². The number of rotatable bonds is 6. The van der Waals surface area contributed by atoms with Crippen LogP contribution in [0.5, 0.6) is 23.0 Å². The van der Waals surface area contributed by atoms with Crippen LogP contribution >= 0.6 is 0 Å². The standard InChI is InChI=1S/C25H26O9/c1-12(26)34-13-6-7-33-19(9-13)22-18(31-4)11-16-21(25(22)32-5)24(28)20-15(23(16)27)8-14(29-2)10-17(20)30-3/h8,10-11,13,19H,6-7,9H2,1-5H3/t13-,19+/m0/s1. The van der Waals surface area contributed by atoms with E-state index >= 15 is 0 Å². The molecule has 180 valence electrons. The Morgan fingerprint density at radius 1 is 0.882 bits per heavy atom. The summed E-state index contributed by atoms with van der Waals surface area (Å²) in [6.07, 6.45) is -0.0255. The van der Waals surface area contributed by atoms with Crippen molar-refractivity contribution >= 4 is 17.5 Å². The number of benzene rings is 2. The van der Waals surface area contributed by atoms with Crippen LogP contribution in [-0.2, 0) is 14.3 Å². The molecule has 9 heteroatoms. The maximum Gasteiger partial charge on any atom is 0.302 e. The minimum Gasteiger partial charge on any atom is -0.497 e. The average Bonchev–Trinajstić information content (AvgIpc) is 2.84. The maximum atomic E-state index is 13.8. The molecule has 0 bridgehead atoms. The van der Waals surface area contributed by atoms with Gasteiger partial charge in [0.1, 0.15) is 29.1 Å². The van der Waals surface area contributed by atoms with E-state index < -0.39 is 11.9 Å². The quantitative estimate of drug-likeness (QED) is 0.502. The van der Waals surface area contributed by atoms with Gasteiger partial charge < -0.3 is 28.4 Å². The molecular weight excluding hydrogens is 444 g/mol. The van der Waals surface area contributed by atoms with Gasteiger partial charge in [-0.1, -0.05) is 0 Å². The molecule has 0 saturated carbocycles. The van der Waals surface area contributed by atoms with Crippen molar-refractivity contribution in [2.75, 3.05) is 35.0 Å². The molecule has 2 aromatic rings. The molecule has 0 aromatic heterocycles. The third-order valence-corrected chi connectivity index (χ3v) is 6.07. The van der Waals surface area contributed by atoms with E-state index in [2.05, 4.69) is 0 Å². The smallest absolute Gasteiger partial charge is 0.302 e. The molecule has 0 spiro atoms. The summed E-state index contributed by atoms with van der Waals surface area (Å²) in [4.78, 5) is 38.8. The molecule has 1 aliphatic carbocycles. The van der Waals surface area contributed by atoms with Gasteiger partial charge in [0.2, 0.25) is 5.78 Å². The number of fused-ring (bicyclic) bond motifs is 2. The van der Waals surface area contributed by atoms with Gasteiger partial charge >= 0.3 is 5.97 Å². The van der Waals surface area contributed by atoms with Crippen LogP contribution in [0.2, 0.25) is 0 Å². The van der Waals surface area contributed by atoms with E-state index in [4.69, 9.17) is 28.4 Å². The lowest BCUT2D eigenvalue weighted by Crippen LogP contribution is -2.29. The van der Waals surface area contributed by atoms with E-state index in [0.717, 1.165) is 0 Å². The normalized spacial score (nSPS) is 19.1. The van der Waals surface area contributed by atoms with E-state index in [0.29, 0.717) is 36.5 Å². The zero-order chi connectivity index (χ0) is 24.6. The first-order valence-corrected chi connectivity index (χ1v) is 10.8. The second-order valence-corrected chi connectivity index (χ2v) is 7.97. The highest BCUT2D eigenvalue weighted by atomic mass is 16.6. The molecule has 0 amide bonds. The molecule has 2 aromatic carbocycles. The lowest BCUT2D eigenvalue weighted by molar-refractivity contribution is -0.153. The van der Waals surface area contributed by atoms with Gasteiger partial charge in [-0.3, -0.25) is 14.4 Å². The molecule has 4 rings (SSSR count). The maximum absolute atomic E-state index is 13.8. The first-order chi connectivity index (χ1) is 16.3. The van der Waals surface area contributed by atoms with Crippen LogP contribution in [-0.4, -0.2) is 58.7 Å². The SMILES string of the molecule is COc1cc(OC)c2c(c1)C(=O)c1cc(OC)c([C@H]3C[C@@H](OC(C)=O)CCO3)c(OC)c1C2=O. The Balaban J connectivity index is 1.90. The van der Waals surface area contributed by atoms with Gasteiger partial charge in [-0.15, -0.1) is 0 Å². The fourth-order valence-electron chi connectivity index (χ4n) is 4.60. The Morgan fingerprint density at radius 3 is 2.21 bits per heavy atom. The average molecular weight is 470 g/mol. The number of methoxy groups -OCH3 is 4. The summed E-state index contributed by atoms with van der Waals surface area (Å²) in [6, 6.07) is 4.60. The number of carbonyl (C=O) groups excluding carboxylic acids is 3. The molecule has 1 aliphatic heterocycles. The molecular formula is C25H26O9. The summed E-state index contributed by atoms with van der Waals surface area (Å²) in [5.41, 5.74) is 1.06. The Bertz CT molecular complexity index is 1170. The Kier molecular flexibility index (Phi) is 6.47. The van der Waals surface area contributed by atoms with Crippen molar-refractivity contribution in [3.63, 3.8) is 0 Å². The van der Waals surface area contributed by atoms with E-state index in [-0.39, 0.29) is 51.6 Å². The van der Waals surface area contributed by atoms with Crippen molar-refractivity contribution in [2.45, 2.75) is 32.0 Å². The van der Waals surface area contributed by atoms with Gasteiger partial charge in [-0.25, -0.2) is 0 Å². The van der Waals surface area contributed by atoms with Crippen LogP contribution in [0.3, 0.4) is 0 Å². The molecule has 2 atom stereocenters. The molecule has 34 heavy (non-hydrogen) atoms. The minimum atomic E-state index is -0.574. The highest BCUT2D eigenvalue weighted by Crippen LogP contribution is 2.48. The van der Waals surface area contributed by atoms with Crippen LogP contribution in [0.15, 0.2) is 18.2 Å². The summed E-state index contributed by atoms with van der Waals surface area (Å²) in [5.74, 6) is -0.0443. The van der Waals surface area contributed by atoms with Gasteiger partial charge in [0.25, 0.3) is 0 Å². The Labute approximate surface area is 196 Å². The predicted octanol–water partition coefficient (Wildman–Crippen LogP) is 3.28. The number of ether oxygens (including phenoxy) is 6. The predicted molar refractivity (Wildman–Crippen MR) is 119 cm³/mol. The zero-order valence-electron chi connectivity index (χ0n) is 19.7. The van der Waals surface area contributed by atoms with Gasteiger partial charge in [-0.05, 0) is 12.1 Å². The number of ketones is 2. The second-order valence-electron chi connectivity index (χ2n) is 7.97. The third-order valence-electron chi connectivity index (χ3n) is 6.07. The van der Waals surface area contributed by atoms with Gasteiger partial charge in [0.05, 0.1) is 57.8 Å². The van der Waals surface area contributed by atoms with E-state index in [9.17, 15) is 14.4 Å². The largest absolute Gasteiger partial charge is 0.497 e. The zero-order valence-corrected chi connectivity index (χ0v) is 19.7. The first kappa shape index (κ1) is 23.6. The highest BCUT2D eigenvalue weighted by Gasteiger charge is 2.40. The first-order valence-electron chi connectivity index (χ1n) is 10.8. The van der Waals surface area contributed by atoms with Crippen molar-refractivity contribution in [2.24, 2.45) is 0 Å². The van der Waals surface area contributed by atoms with E-state index in [1.165, 1.54) is 47.5 Å². The van der Waals surface area contributed by atoms with Gasteiger partial charge in [-0.2, -0.15) is 0 Å². The summed E-state index contributed by atoms with van der Waals surface area (Å²) in [5, 5.41) is 0. The van der Waals surface area contributed by atoms with Crippen LogP contribution in [0, 0.1) is 0 Å². The van der Waals surface area contributed by atoms with Crippen LogP contribution in [0.1, 0.15) is 63.3 Å². The summed E-state index contributed by atoms with van der Waals surface area (Å²) >= 11 is 0. The number of esters is 1. The Morgan fingerprint density at radius 2 is 1.59 bits per heavy atom.